The summed E-state index contributed by atoms with van der Waals surface area (Å²) in [4.78, 5) is 4.56. The van der Waals surface area contributed by atoms with Crippen LogP contribution < -0.4 is 0 Å². The lowest BCUT2D eigenvalue weighted by Gasteiger charge is -2.44. The molecule has 23 heavy (non-hydrogen) atoms. The Hall–Kier alpha value is -1.11. The zero-order valence-corrected chi connectivity index (χ0v) is 13.1. The molecule has 0 aromatic heterocycles. The van der Waals surface area contributed by atoms with Crippen molar-refractivity contribution in [1.29, 1.82) is 0 Å². The van der Waals surface area contributed by atoms with Gasteiger partial charge in [-0.2, -0.15) is 13.2 Å². The molecule has 128 valence electrons. The molecular formula is C17H23F3N2O. The lowest BCUT2D eigenvalue weighted by atomic mass is 10.0. The normalized spacial score (nSPS) is 26.4. The van der Waals surface area contributed by atoms with E-state index in [1.54, 1.807) is 12.1 Å². The maximum Gasteiger partial charge on any atom is 0.416 e. The second-order valence-corrected chi connectivity index (χ2v) is 6.54. The topological polar surface area (TPSA) is 26.7 Å². The number of halogens is 3. The minimum absolute atomic E-state index is 0.0700. The number of hydrogen-bond acceptors (Lipinski definition) is 3. The first-order valence-electron chi connectivity index (χ1n) is 8.23. The summed E-state index contributed by atoms with van der Waals surface area (Å²) in [5.41, 5.74) is -0.217. The maximum absolute atomic E-state index is 13.2. The van der Waals surface area contributed by atoms with Gasteiger partial charge in [0, 0.05) is 38.3 Å². The fourth-order valence-corrected chi connectivity index (χ4v) is 3.92. The molecule has 0 radical (unpaired) electrons. The van der Waals surface area contributed by atoms with Crippen molar-refractivity contribution in [2.24, 2.45) is 0 Å². The van der Waals surface area contributed by atoms with Gasteiger partial charge in [-0.05, 0) is 37.4 Å². The molecular weight excluding hydrogens is 305 g/mol. The largest absolute Gasteiger partial charge is 0.416 e. The summed E-state index contributed by atoms with van der Waals surface area (Å²) in [6.07, 6.45) is -1.44. The number of rotatable bonds is 4. The molecule has 3 nitrogen and oxygen atoms in total. The van der Waals surface area contributed by atoms with Gasteiger partial charge in [-0.1, -0.05) is 18.2 Å². The van der Waals surface area contributed by atoms with Gasteiger partial charge in [0.05, 0.1) is 5.56 Å². The fourth-order valence-electron chi connectivity index (χ4n) is 3.92. The van der Waals surface area contributed by atoms with Crippen LogP contribution in [-0.2, 0) is 12.7 Å². The highest BCUT2D eigenvalue weighted by molar-refractivity contribution is 5.29. The minimum atomic E-state index is -4.32. The standard InChI is InChI=1S/C17H23F3N2O/c18-17(19,20)16-6-2-1-4-13(16)10-22-12-14-5-3-8-21(14)11-15(22)7-9-23/h1-2,4,6,14-15,23H,3,5,7-12H2/t14?,15-/m0/s1. The Morgan fingerprint density at radius 3 is 2.70 bits per heavy atom. The van der Waals surface area contributed by atoms with Crippen LogP contribution >= 0.6 is 0 Å². The Morgan fingerprint density at radius 2 is 1.96 bits per heavy atom. The molecule has 0 saturated carbocycles. The van der Waals surface area contributed by atoms with E-state index in [0.717, 1.165) is 38.5 Å². The monoisotopic (exact) mass is 328 g/mol. The number of hydrogen-bond donors (Lipinski definition) is 1. The van der Waals surface area contributed by atoms with Gasteiger partial charge in [-0.15, -0.1) is 0 Å². The van der Waals surface area contributed by atoms with Gasteiger partial charge in [0.1, 0.15) is 0 Å². The SMILES string of the molecule is OCC[C@H]1CN2CCCC2CN1Cc1ccccc1C(F)(F)F. The summed E-state index contributed by atoms with van der Waals surface area (Å²) in [6.45, 7) is 3.07. The third-order valence-corrected chi connectivity index (χ3v) is 5.06. The highest BCUT2D eigenvalue weighted by Gasteiger charge is 2.38. The quantitative estimate of drug-likeness (QED) is 0.921. The van der Waals surface area contributed by atoms with E-state index in [4.69, 9.17) is 0 Å². The van der Waals surface area contributed by atoms with Crippen molar-refractivity contribution in [1.82, 2.24) is 9.80 Å². The van der Waals surface area contributed by atoms with Crippen LogP contribution in [0.1, 0.15) is 30.4 Å². The molecule has 2 fully saturated rings. The van der Waals surface area contributed by atoms with Gasteiger partial charge in [0.25, 0.3) is 0 Å². The summed E-state index contributed by atoms with van der Waals surface area (Å²) in [6, 6.07) is 6.39. The highest BCUT2D eigenvalue weighted by Crippen LogP contribution is 2.34. The van der Waals surface area contributed by atoms with Crippen LogP contribution in [0.4, 0.5) is 13.2 Å². The fraction of sp³-hybridized carbons (Fsp3) is 0.647. The lowest BCUT2D eigenvalue weighted by Crippen LogP contribution is -2.55. The molecule has 1 N–H and O–H groups in total. The van der Waals surface area contributed by atoms with Crippen LogP contribution in [-0.4, -0.2) is 53.2 Å². The van der Waals surface area contributed by atoms with Gasteiger partial charge in [-0.25, -0.2) is 0 Å². The molecule has 6 heteroatoms. The van der Waals surface area contributed by atoms with Crippen LogP contribution in [0.5, 0.6) is 0 Å². The Balaban J connectivity index is 1.80. The number of aliphatic hydroxyl groups is 1. The predicted molar refractivity (Wildman–Crippen MR) is 81.9 cm³/mol. The van der Waals surface area contributed by atoms with Crippen LogP contribution in [0, 0.1) is 0 Å². The first kappa shape index (κ1) is 16.7. The number of fused-ring (bicyclic) bond motifs is 1. The third kappa shape index (κ3) is 3.70. The average molecular weight is 328 g/mol. The zero-order chi connectivity index (χ0) is 16.4. The Morgan fingerprint density at radius 1 is 1.17 bits per heavy atom. The van der Waals surface area contributed by atoms with E-state index in [1.165, 1.54) is 6.07 Å². The molecule has 2 aliphatic rings. The van der Waals surface area contributed by atoms with Crippen LogP contribution in [0.15, 0.2) is 24.3 Å². The molecule has 1 aromatic rings. The summed E-state index contributed by atoms with van der Waals surface area (Å²) in [7, 11) is 0. The first-order chi connectivity index (χ1) is 11.0. The minimum Gasteiger partial charge on any atom is -0.396 e. The maximum atomic E-state index is 13.2. The van der Waals surface area contributed by atoms with Crippen LogP contribution in [0.3, 0.4) is 0 Å². The Bertz CT molecular complexity index is 535. The van der Waals surface area contributed by atoms with Gasteiger partial charge < -0.3 is 5.11 Å². The molecule has 2 aliphatic heterocycles. The van der Waals surface area contributed by atoms with E-state index in [1.807, 2.05) is 0 Å². The second kappa shape index (κ2) is 6.79. The first-order valence-corrected chi connectivity index (χ1v) is 8.23. The van der Waals surface area contributed by atoms with Crippen molar-refractivity contribution in [3.63, 3.8) is 0 Å². The van der Waals surface area contributed by atoms with Crippen molar-refractivity contribution in [2.75, 3.05) is 26.2 Å². The lowest BCUT2D eigenvalue weighted by molar-refractivity contribution is -0.138. The van der Waals surface area contributed by atoms with Crippen LogP contribution in [0.2, 0.25) is 0 Å². The van der Waals surface area contributed by atoms with Crippen molar-refractivity contribution >= 4 is 0 Å². The van der Waals surface area contributed by atoms with Crippen molar-refractivity contribution in [3.8, 4) is 0 Å². The molecule has 0 spiro atoms. The number of nitrogens with zero attached hydrogens (tertiary/aromatic N) is 2. The Kier molecular flexibility index (Phi) is 4.94. The van der Waals surface area contributed by atoms with E-state index in [2.05, 4.69) is 9.80 Å². The molecule has 0 aliphatic carbocycles. The molecule has 2 atom stereocenters. The molecule has 1 unspecified atom stereocenters. The van der Waals surface area contributed by atoms with Crippen molar-refractivity contribution in [3.05, 3.63) is 35.4 Å². The molecule has 1 aromatic carbocycles. The van der Waals surface area contributed by atoms with E-state index < -0.39 is 11.7 Å². The van der Waals surface area contributed by atoms with Gasteiger partial charge >= 0.3 is 6.18 Å². The summed E-state index contributed by atoms with van der Waals surface area (Å²) < 4.78 is 39.6. The molecule has 2 saturated heterocycles. The van der Waals surface area contributed by atoms with E-state index in [-0.39, 0.29) is 12.6 Å². The smallest absolute Gasteiger partial charge is 0.396 e. The van der Waals surface area contributed by atoms with Gasteiger partial charge in [-0.3, -0.25) is 9.80 Å². The summed E-state index contributed by atoms with van der Waals surface area (Å²) in [5, 5.41) is 9.30. The third-order valence-electron chi connectivity index (χ3n) is 5.06. The highest BCUT2D eigenvalue weighted by atomic mass is 19.4. The average Bonchev–Trinajstić information content (AvgIpc) is 2.94. The number of aliphatic hydroxyl groups excluding tert-OH is 1. The van der Waals surface area contributed by atoms with Crippen LogP contribution in [0.25, 0.3) is 0 Å². The zero-order valence-electron chi connectivity index (χ0n) is 13.1. The van der Waals surface area contributed by atoms with E-state index in [0.29, 0.717) is 24.6 Å². The number of alkyl halides is 3. The molecule has 2 heterocycles. The summed E-state index contributed by atoms with van der Waals surface area (Å²) >= 11 is 0. The molecule has 0 bridgehead atoms. The predicted octanol–water partition coefficient (Wildman–Crippen LogP) is 2.74. The van der Waals surface area contributed by atoms with Crippen molar-refractivity contribution in [2.45, 2.75) is 44.1 Å². The summed E-state index contributed by atoms with van der Waals surface area (Å²) in [5.74, 6) is 0. The van der Waals surface area contributed by atoms with E-state index in [9.17, 15) is 18.3 Å². The molecule has 3 rings (SSSR count). The number of piperazine rings is 1. The van der Waals surface area contributed by atoms with Gasteiger partial charge in [0.2, 0.25) is 0 Å². The molecule has 0 amide bonds. The second-order valence-electron chi connectivity index (χ2n) is 6.54. The van der Waals surface area contributed by atoms with E-state index >= 15 is 0 Å². The number of benzene rings is 1. The van der Waals surface area contributed by atoms with Gasteiger partial charge in [0.15, 0.2) is 0 Å². The Labute approximate surface area is 134 Å². The van der Waals surface area contributed by atoms with Crippen molar-refractivity contribution < 1.29 is 18.3 Å².